The Balaban J connectivity index is 3.39. The molecule has 0 spiro atoms. The predicted molar refractivity (Wildman–Crippen MR) is 72.7 cm³/mol. The molecule has 0 saturated heterocycles. The summed E-state index contributed by atoms with van der Waals surface area (Å²) in [6, 6.07) is 0. The number of unbranched alkanes of at least 4 members (excludes halogenated alkanes) is 2. The summed E-state index contributed by atoms with van der Waals surface area (Å²) in [7, 11) is 0. The van der Waals surface area contributed by atoms with Gasteiger partial charge in [0, 0.05) is 25.6 Å². The molecular weight excluding hydrogens is 270 g/mol. The zero-order valence-corrected chi connectivity index (χ0v) is 12.0. The van der Waals surface area contributed by atoms with Crippen molar-refractivity contribution in [3.05, 3.63) is 0 Å². The smallest absolute Gasteiger partial charge is 0.306 e. The van der Waals surface area contributed by atoms with Crippen molar-refractivity contribution in [2.75, 3.05) is 25.5 Å². The van der Waals surface area contributed by atoms with Crippen molar-refractivity contribution in [2.45, 2.75) is 32.6 Å². The second kappa shape index (κ2) is 12.0. The molecule has 0 bridgehead atoms. The quantitative estimate of drug-likeness (QED) is 0.449. The summed E-state index contributed by atoms with van der Waals surface area (Å²) in [6.45, 7) is 1.24. The van der Waals surface area contributed by atoms with Gasteiger partial charge in [0.15, 0.2) is 11.7 Å². The molecular formula is C12H21NO5S. The van der Waals surface area contributed by atoms with E-state index in [0.717, 1.165) is 18.6 Å². The fourth-order valence-electron chi connectivity index (χ4n) is 1.23. The van der Waals surface area contributed by atoms with Crippen molar-refractivity contribution in [1.29, 1.82) is 0 Å². The molecule has 0 saturated carbocycles. The number of nitrogens with one attached hydrogen (secondary N) is 1. The highest BCUT2D eigenvalue weighted by Crippen LogP contribution is 2.08. The van der Waals surface area contributed by atoms with Crippen LogP contribution in [0.3, 0.4) is 0 Å². The molecule has 0 radical (unpaired) electrons. The van der Waals surface area contributed by atoms with E-state index >= 15 is 0 Å². The zero-order valence-electron chi connectivity index (χ0n) is 11.1. The largest absolute Gasteiger partial charge is 0.456 e. The molecule has 0 fully saturated rings. The summed E-state index contributed by atoms with van der Waals surface area (Å²) in [5.74, 6) is -0.0489. The highest BCUT2D eigenvalue weighted by Gasteiger charge is 2.06. The lowest BCUT2D eigenvalue weighted by Gasteiger charge is -2.05. The molecule has 0 aromatic carbocycles. The number of carbonyl (C=O) groups excluding carboxylic acids is 3. The third-order valence-corrected chi connectivity index (χ3v) is 3.03. The van der Waals surface area contributed by atoms with Crippen LogP contribution in [0.2, 0.25) is 0 Å². The van der Waals surface area contributed by atoms with Crippen molar-refractivity contribution in [2.24, 2.45) is 0 Å². The molecule has 1 amide bonds. The first-order chi connectivity index (χ1) is 9.06. The van der Waals surface area contributed by atoms with Gasteiger partial charge in [-0.15, -0.1) is 0 Å². The van der Waals surface area contributed by atoms with Gasteiger partial charge in [0.2, 0.25) is 0 Å². The number of hydrogen-bond donors (Lipinski definition) is 2. The first kappa shape index (κ1) is 17.9. The Morgan fingerprint density at radius 1 is 1.21 bits per heavy atom. The highest BCUT2D eigenvalue weighted by molar-refractivity contribution is 8.13. The van der Waals surface area contributed by atoms with Crippen LogP contribution < -0.4 is 5.32 Å². The number of rotatable bonds is 10. The van der Waals surface area contributed by atoms with Gasteiger partial charge in [-0.3, -0.25) is 14.4 Å². The van der Waals surface area contributed by atoms with Gasteiger partial charge < -0.3 is 15.2 Å². The van der Waals surface area contributed by atoms with Crippen LogP contribution in [0, 0.1) is 0 Å². The average molecular weight is 291 g/mol. The fraction of sp³-hybridized carbons (Fsp3) is 0.750. The SMILES string of the molecule is CC(=O)SCCCCCC(=O)OCC(=O)NCCO. The Morgan fingerprint density at radius 3 is 2.58 bits per heavy atom. The summed E-state index contributed by atoms with van der Waals surface area (Å²) in [5.41, 5.74) is 0. The Kier molecular flexibility index (Phi) is 11.3. The van der Waals surface area contributed by atoms with E-state index in [1.807, 2.05) is 0 Å². The van der Waals surface area contributed by atoms with Crippen LogP contribution in [-0.2, 0) is 19.1 Å². The molecule has 0 aliphatic heterocycles. The second-order valence-corrected chi connectivity index (χ2v) is 5.16. The molecule has 2 N–H and O–H groups in total. The van der Waals surface area contributed by atoms with Crippen LogP contribution in [0.15, 0.2) is 0 Å². The lowest BCUT2D eigenvalue weighted by atomic mass is 10.2. The lowest BCUT2D eigenvalue weighted by Crippen LogP contribution is -2.30. The van der Waals surface area contributed by atoms with Gasteiger partial charge in [-0.2, -0.15) is 0 Å². The van der Waals surface area contributed by atoms with Crippen LogP contribution in [0.4, 0.5) is 0 Å². The van der Waals surface area contributed by atoms with Gasteiger partial charge in [0.05, 0.1) is 6.61 Å². The number of esters is 1. The fourth-order valence-corrected chi connectivity index (χ4v) is 1.86. The summed E-state index contributed by atoms with van der Waals surface area (Å²) < 4.78 is 4.75. The molecule has 6 nitrogen and oxygen atoms in total. The molecule has 0 unspecified atom stereocenters. The molecule has 0 aromatic heterocycles. The second-order valence-electron chi connectivity index (χ2n) is 3.88. The summed E-state index contributed by atoms with van der Waals surface area (Å²) in [4.78, 5) is 32.9. The van der Waals surface area contributed by atoms with E-state index in [1.54, 1.807) is 0 Å². The van der Waals surface area contributed by atoms with Crippen LogP contribution in [-0.4, -0.2) is 47.6 Å². The summed E-state index contributed by atoms with van der Waals surface area (Å²) >= 11 is 1.28. The Bertz CT molecular complexity index is 296. The standard InChI is InChI=1S/C12H21NO5S/c1-10(15)19-8-4-2-3-5-12(17)18-9-11(16)13-6-7-14/h14H,2-9H2,1H3,(H,13,16). The van der Waals surface area contributed by atoms with E-state index in [2.05, 4.69) is 5.32 Å². The van der Waals surface area contributed by atoms with Crippen molar-refractivity contribution < 1.29 is 24.2 Å². The van der Waals surface area contributed by atoms with Crippen LogP contribution in [0.25, 0.3) is 0 Å². The average Bonchev–Trinajstić information content (AvgIpc) is 2.37. The maximum absolute atomic E-state index is 11.3. The van der Waals surface area contributed by atoms with E-state index in [9.17, 15) is 14.4 Å². The third kappa shape index (κ3) is 13.2. The number of amides is 1. The zero-order chi connectivity index (χ0) is 14.5. The minimum Gasteiger partial charge on any atom is -0.456 e. The number of hydrogen-bond acceptors (Lipinski definition) is 6. The number of aliphatic hydroxyl groups is 1. The molecule has 7 heteroatoms. The number of ether oxygens (including phenoxy) is 1. The minimum absolute atomic E-state index is 0.105. The predicted octanol–water partition coefficient (Wildman–Crippen LogP) is 0.478. The lowest BCUT2D eigenvalue weighted by molar-refractivity contribution is -0.148. The normalized spacial score (nSPS) is 10.0. The van der Waals surface area contributed by atoms with Crippen LogP contribution in [0.1, 0.15) is 32.6 Å². The van der Waals surface area contributed by atoms with Gasteiger partial charge in [0.1, 0.15) is 0 Å². The van der Waals surface area contributed by atoms with E-state index in [0.29, 0.717) is 6.42 Å². The van der Waals surface area contributed by atoms with Gasteiger partial charge in [-0.1, -0.05) is 18.2 Å². The Morgan fingerprint density at radius 2 is 1.95 bits per heavy atom. The van der Waals surface area contributed by atoms with E-state index in [1.165, 1.54) is 18.7 Å². The van der Waals surface area contributed by atoms with Crippen molar-refractivity contribution in [1.82, 2.24) is 5.32 Å². The summed E-state index contributed by atoms with van der Waals surface area (Å²) in [6.07, 6.45) is 2.70. The number of carbonyl (C=O) groups is 3. The minimum atomic E-state index is -0.416. The highest BCUT2D eigenvalue weighted by atomic mass is 32.2. The molecule has 0 aliphatic rings. The Hall–Kier alpha value is -1.08. The number of thioether (sulfide) groups is 1. The van der Waals surface area contributed by atoms with E-state index < -0.39 is 11.9 Å². The molecule has 0 aromatic rings. The molecule has 0 atom stereocenters. The van der Waals surface area contributed by atoms with Crippen LogP contribution >= 0.6 is 11.8 Å². The third-order valence-electron chi connectivity index (χ3n) is 2.13. The molecule has 0 rings (SSSR count). The molecule has 19 heavy (non-hydrogen) atoms. The van der Waals surface area contributed by atoms with Crippen molar-refractivity contribution in [3.8, 4) is 0 Å². The van der Waals surface area contributed by atoms with Gasteiger partial charge >= 0.3 is 5.97 Å². The van der Waals surface area contributed by atoms with Crippen molar-refractivity contribution in [3.63, 3.8) is 0 Å². The van der Waals surface area contributed by atoms with Gasteiger partial charge in [0.25, 0.3) is 5.91 Å². The van der Waals surface area contributed by atoms with Crippen molar-refractivity contribution >= 4 is 28.8 Å². The molecule has 0 heterocycles. The van der Waals surface area contributed by atoms with E-state index in [-0.39, 0.29) is 31.3 Å². The first-order valence-electron chi connectivity index (χ1n) is 6.22. The molecule has 110 valence electrons. The monoisotopic (exact) mass is 291 g/mol. The van der Waals surface area contributed by atoms with Gasteiger partial charge in [-0.05, 0) is 12.8 Å². The molecule has 0 aliphatic carbocycles. The Labute approximate surface area is 117 Å². The van der Waals surface area contributed by atoms with E-state index in [4.69, 9.17) is 9.84 Å². The number of aliphatic hydroxyl groups excluding tert-OH is 1. The maximum atomic E-state index is 11.3. The van der Waals surface area contributed by atoms with Crippen LogP contribution in [0.5, 0.6) is 0 Å². The topological polar surface area (TPSA) is 92.7 Å². The maximum Gasteiger partial charge on any atom is 0.306 e. The van der Waals surface area contributed by atoms with Gasteiger partial charge in [-0.25, -0.2) is 0 Å². The first-order valence-corrected chi connectivity index (χ1v) is 7.21. The summed E-state index contributed by atoms with van der Waals surface area (Å²) in [5, 5.41) is 11.0.